The third-order valence-corrected chi connectivity index (χ3v) is 3.55. The van der Waals surface area contributed by atoms with Gasteiger partial charge in [0.25, 0.3) is 0 Å². The van der Waals surface area contributed by atoms with Gasteiger partial charge in [-0.1, -0.05) is 22.9 Å². The molecular formula is C12H19BrN2O. The fourth-order valence-corrected chi connectivity index (χ4v) is 1.82. The molecule has 1 aromatic heterocycles. The first-order valence-corrected chi connectivity index (χ1v) is 6.71. The highest BCUT2D eigenvalue weighted by Crippen LogP contribution is 2.23. The van der Waals surface area contributed by atoms with Crippen molar-refractivity contribution in [1.82, 2.24) is 4.98 Å². The fraction of sp³-hybridized carbons (Fsp3) is 0.583. The molecule has 0 saturated heterocycles. The van der Waals surface area contributed by atoms with E-state index in [0.717, 1.165) is 16.9 Å². The van der Waals surface area contributed by atoms with Gasteiger partial charge in [0.1, 0.15) is 0 Å². The second-order valence-electron chi connectivity index (χ2n) is 3.85. The molecule has 2 atom stereocenters. The summed E-state index contributed by atoms with van der Waals surface area (Å²) in [5, 5.41) is 4.35. The van der Waals surface area contributed by atoms with Crippen LogP contribution in [0.1, 0.15) is 20.8 Å². The molecule has 4 heteroatoms. The molecule has 0 aliphatic carbocycles. The van der Waals surface area contributed by atoms with Gasteiger partial charge in [0.15, 0.2) is 11.6 Å². The summed E-state index contributed by atoms with van der Waals surface area (Å²) >= 11 is 3.49. The number of aromatic nitrogens is 1. The quantitative estimate of drug-likeness (QED) is 0.815. The van der Waals surface area contributed by atoms with E-state index in [1.165, 1.54) is 0 Å². The number of hydrogen-bond acceptors (Lipinski definition) is 3. The minimum atomic E-state index is 0.355. The Morgan fingerprint density at radius 1 is 1.50 bits per heavy atom. The third-order valence-electron chi connectivity index (χ3n) is 2.53. The Labute approximate surface area is 106 Å². The number of hydrogen-bond donors (Lipinski definition) is 1. The van der Waals surface area contributed by atoms with Crippen LogP contribution in [0, 0.1) is 5.92 Å². The van der Waals surface area contributed by atoms with E-state index in [4.69, 9.17) is 4.74 Å². The molecule has 0 saturated carbocycles. The van der Waals surface area contributed by atoms with Gasteiger partial charge in [0.2, 0.25) is 0 Å². The molecule has 0 fully saturated rings. The number of anilines is 1. The highest BCUT2D eigenvalue weighted by Gasteiger charge is 2.13. The zero-order valence-corrected chi connectivity index (χ0v) is 11.6. The molecule has 1 heterocycles. The van der Waals surface area contributed by atoms with Crippen LogP contribution in [0.25, 0.3) is 0 Å². The van der Waals surface area contributed by atoms with Crippen LogP contribution >= 0.6 is 15.9 Å². The van der Waals surface area contributed by atoms with E-state index in [-0.39, 0.29) is 0 Å². The van der Waals surface area contributed by atoms with Crippen LogP contribution in [-0.2, 0) is 0 Å². The number of alkyl halides is 1. The van der Waals surface area contributed by atoms with Gasteiger partial charge in [-0.05, 0) is 31.9 Å². The molecule has 0 spiro atoms. The van der Waals surface area contributed by atoms with Gasteiger partial charge < -0.3 is 10.1 Å². The van der Waals surface area contributed by atoms with Gasteiger partial charge in [-0.2, -0.15) is 0 Å². The van der Waals surface area contributed by atoms with Crippen LogP contribution in [0.3, 0.4) is 0 Å². The van der Waals surface area contributed by atoms with Crippen LogP contribution in [0.5, 0.6) is 5.75 Å². The highest BCUT2D eigenvalue weighted by atomic mass is 79.9. The summed E-state index contributed by atoms with van der Waals surface area (Å²) in [4.78, 5) is 4.30. The van der Waals surface area contributed by atoms with Crippen molar-refractivity contribution >= 4 is 21.7 Å². The van der Waals surface area contributed by atoms with Crippen molar-refractivity contribution in [2.24, 2.45) is 5.92 Å². The third kappa shape index (κ3) is 3.67. The second kappa shape index (κ2) is 6.74. The topological polar surface area (TPSA) is 34.1 Å². The van der Waals surface area contributed by atoms with Crippen molar-refractivity contribution in [3.63, 3.8) is 0 Å². The predicted molar refractivity (Wildman–Crippen MR) is 71.4 cm³/mol. The molecule has 0 aromatic carbocycles. The van der Waals surface area contributed by atoms with E-state index in [1.807, 2.05) is 19.1 Å². The van der Waals surface area contributed by atoms with E-state index >= 15 is 0 Å². The van der Waals surface area contributed by atoms with Gasteiger partial charge in [0.05, 0.1) is 6.61 Å². The number of ether oxygens (including phenoxy) is 1. The standard InChI is InChI=1S/C12H19BrN2O/c1-4-16-11-6-5-7-14-12(11)15-10(3)9(2)8-13/h5-7,9-10H,4,8H2,1-3H3,(H,14,15). The normalized spacial score (nSPS) is 14.2. The lowest BCUT2D eigenvalue weighted by Gasteiger charge is -2.21. The van der Waals surface area contributed by atoms with Crippen LogP contribution in [0.4, 0.5) is 5.82 Å². The lowest BCUT2D eigenvalue weighted by atomic mass is 10.1. The Bertz CT molecular complexity index is 320. The van der Waals surface area contributed by atoms with Crippen molar-refractivity contribution < 1.29 is 4.74 Å². The Morgan fingerprint density at radius 3 is 2.88 bits per heavy atom. The molecule has 0 amide bonds. The highest BCUT2D eigenvalue weighted by molar-refractivity contribution is 9.09. The smallest absolute Gasteiger partial charge is 0.168 e. The van der Waals surface area contributed by atoms with Crippen LogP contribution in [0.15, 0.2) is 18.3 Å². The second-order valence-corrected chi connectivity index (χ2v) is 4.50. The molecule has 16 heavy (non-hydrogen) atoms. The average Bonchev–Trinajstić information content (AvgIpc) is 2.31. The fourth-order valence-electron chi connectivity index (χ4n) is 1.26. The first-order valence-electron chi connectivity index (χ1n) is 5.59. The summed E-state index contributed by atoms with van der Waals surface area (Å²) in [6.45, 7) is 6.97. The van der Waals surface area contributed by atoms with Crippen molar-refractivity contribution in [2.75, 3.05) is 17.3 Å². The van der Waals surface area contributed by atoms with Crippen LogP contribution in [-0.4, -0.2) is 23.0 Å². The number of nitrogens with one attached hydrogen (secondary N) is 1. The average molecular weight is 287 g/mol. The SMILES string of the molecule is CCOc1cccnc1NC(C)C(C)CBr. The van der Waals surface area contributed by atoms with Crippen molar-refractivity contribution in [2.45, 2.75) is 26.8 Å². The van der Waals surface area contributed by atoms with E-state index in [2.05, 4.69) is 40.1 Å². The van der Waals surface area contributed by atoms with Gasteiger partial charge in [-0.15, -0.1) is 0 Å². The van der Waals surface area contributed by atoms with Gasteiger partial charge >= 0.3 is 0 Å². The molecule has 1 N–H and O–H groups in total. The summed E-state index contributed by atoms with van der Waals surface area (Å²) in [5.41, 5.74) is 0. The van der Waals surface area contributed by atoms with Crippen LogP contribution in [0.2, 0.25) is 0 Å². The van der Waals surface area contributed by atoms with E-state index in [0.29, 0.717) is 18.6 Å². The summed E-state index contributed by atoms with van der Waals surface area (Å²) in [5.74, 6) is 2.18. The zero-order chi connectivity index (χ0) is 12.0. The molecule has 3 nitrogen and oxygen atoms in total. The van der Waals surface area contributed by atoms with Crippen molar-refractivity contribution in [1.29, 1.82) is 0 Å². The predicted octanol–water partition coefficient (Wildman–Crippen LogP) is 3.31. The summed E-state index contributed by atoms with van der Waals surface area (Å²) in [7, 11) is 0. The maximum atomic E-state index is 5.51. The summed E-state index contributed by atoms with van der Waals surface area (Å²) in [6.07, 6.45) is 1.77. The summed E-state index contributed by atoms with van der Waals surface area (Å²) < 4.78 is 5.51. The Hall–Kier alpha value is -0.770. The molecule has 1 aromatic rings. The lowest BCUT2D eigenvalue weighted by Crippen LogP contribution is -2.25. The molecule has 0 radical (unpaired) electrons. The number of halogens is 1. The number of nitrogens with zero attached hydrogens (tertiary/aromatic N) is 1. The molecule has 0 aliphatic heterocycles. The maximum Gasteiger partial charge on any atom is 0.168 e. The monoisotopic (exact) mass is 286 g/mol. The molecule has 0 aliphatic rings. The van der Waals surface area contributed by atoms with Gasteiger partial charge in [-0.3, -0.25) is 0 Å². The zero-order valence-electron chi connectivity index (χ0n) is 10.0. The van der Waals surface area contributed by atoms with E-state index < -0.39 is 0 Å². The molecular weight excluding hydrogens is 268 g/mol. The largest absolute Gasteiger partial charge is 0.490 e. The Kier molecular flexibility index (Phi) is 5.60. The van der Waals surface area contributed by atoms with Gasteiger partial charge in [0, 0.05) is 17.6 Å². The molecule has 0 bridgehead atoms. The van der Waals surface area contributed by atoms with Crippen molar-refractivity contribution in [3.05, 3.63) is 18.3 Å². The number of rotatable bonds is 6. The molecule has 2 unspecified atom stereocenters. The minimum Gasteiger partial charge on any atom is -0.490 e. The minimum absolute atomic E-state index is 0.355. The lowest BCUT2D eigenvalue weighted by molar-refractivity contribution is 0.340. The molecule has 90 valence electrons. The maximum absolute atomic E-state index is 5.51. The summed E-state index contributed by atoms with van der Waals surface area (Å²) in [6, 6.07) is 4.17. The first kappa shape index (κ1) is 13.3. The molecule has 1 rings (SSSR count). The Morgan fingerprint density at radius 2 is 2.25 bits per heavy atom. The van der Waals surface area contributed by atoms with E-state index in [9.17, 15) is 0 Å². The van der Waals surface area contributed by atoms with Crippen molar-refractivity contribution in [3.8, 4) is 5.75 Å². The number of pyridine rings is 1. The van der Waals surface area contributed by atoms with E-state index in [1.54, 1.807) is 6.20 Å². The Balaban J connectivity index is 2.71. The van der Waals surface area contributed by atoms with Crippen LogP contribution < -0.4 is 10.1 Å². The van der Waals surface area contributed by atoms with Gasteiger partial charge in [-0.25, -0.2) is 4.98 Å². The first-order chi connectivity index (χ1) is 7.69.